The van der Waals surface area contributed by atoms with Crippen LogP contribution in [0.15, 0.2) is 60.7 Å². The molecule has 0 heterocycles. The first kappa shape index (κ1) is 14.2. The summed E-state index contributed by atoms with van der Waals surface area (Å²) in [5.74, 6) is 0. The molecule has 2 aromatic rings. The molecule has 0 aromatic heterocycles. The van der Waals surface area contributed by atoms with Crippen LogP contribution in [0.3, 0.4) is 0 Å². The molecule has 0 radical (unpaired) electrons. The van der Waals surface area contributed by atoms with Gasteiger partial charge in [-0.05, 0) is 0 Å². The van der Waals surface area contributed by atoms with Gasteiger partial charge in [0.2, 0.25) is 0 Å². The number of benzene rings is 2. The van der Waals surface area contributed by atoms with Crippen LogP contribution in [0.4, 0.5) is 0 Å². The Bertz CT molecular complexity index is 303. The number of rotatable bonds is 0. The van der Waals surface area contributed by atoms with E-state index in [1.165, 1.54) is 0 Å². The molecule has 0 unspecified atom stereocenters. The van der Waals surface area contributed by atoms with Crippen molar-refractivity contribution in [3.8, 4) is 0 Å². The Kier molecular flexibility index (Phi) is 8.10. The summed E-state index contributed by atoms with van der Waals surface area (Å²) in [5, 5.41) is 0. The molecule has 0 nitrogen and oxygen atoms in total. The minimum atomic E-state index is 0. The van der Waals surface area contributed by atoms with Crippen molar-refractivity contribution >= 4 is 0 Å². The SMILES string of the molecule is [CH2-]c1ccccc1.[CH2-]c1ccccc1.[U+2]. The second-order valence-electron chi connectivity index (χ2n) is 2.97. The zero-order valence-electron chi connectivity index (χ0n) is 8.69. The molecule has 0 aliphatic rings. The van der Waals surface area contributed by atoms with Crippen molar-refractivity contribution in [3.63, 3.8) is 0 Å². The number of hydrogen-bond donors (Lipinski definition) is 0. The largest absolute Gasteiger partial charge is 2.00 e. The first-order valence-corrected chi connectivity index (χ1v) is 4.53. The minimum Gasteiger partial charge on any atom is -0.199 e. The van der Waals surface area contributed by atoms with Gasteiger partial charge >= 0.3 is 31.1 Å². The third-order valence-corrected chi connectivity index (χ3v) is 1.69. The van der Waals surface area contributed by atoms with Crippen molar-refractivity contribution in [2.75, 3.05) is 0 Å². The van der Waals surface area contributed by atoms with Crippen LogP contribution in [0.5, 0.6) is 0 Å². The van der Waals surface area contributed by atoms with Crippen LogP contribution in [0.2, 0.25) is 0 Å². The molecule has 2 aromatic carbocycles. The fourth-order valence-electron chi connectivity index (χ4n) is 0.956. The summed E-state index contributed by atoms with van der Waals surface area (Å²) in [6.45, 7) is 7.44. The summed E-state index contributed by atoms with van der Waals surface area (Å²) >= 11 is 0. The maximum Gasteiger partial charge on any atom is 2.00 e. The third-order valence-electron chi connectivity index (χ3n) is 1.69. The van der Waals surface area contributed by atoms with Crippen molar-refractivity contribution in [3.05, 3.63) is 85.6 Å². The molecule has 0 amide bonds. The predicted octanol–water partition coefficient (Wildman–Crippen LogP) is 3.74. The molecular formula is C14H14U. The van der Waals surface area contributed by atoms with Gasteiger partial charge in [-0.3, -0.25) is 0 Å². The minimum absolute atomic E-state index is 0. The Morgan fingerprint density at radius 1 is 0.533 bits per heavy atom. The van der Waals surface area contributed by atoms with Crippen molar-refractivity contribution in [1.82, 2.24) is 0 Å². The monoisotopic (exact) mass is 420 g/mol. The Morgan fingerprint density at radius 2 is 0.800 bits per heavy atom. The van der Waals surface area contributed by atoms with E-state index in [0.717, 1.165) is 11.1 Å². The van der Waals surface area contributed by atoms with Gasteiger partial charge in [0.05, 0.1) is 0 Å². The second-order valence-corrected chi connectivity index (χ2v) is 2.97. The van der Waals surface area contributed by atoms with E-state index in [0.29, 0.717) is 0 Å². The fourth-order valence-corrected chi connectivity index (χ4v) is 0.956. The molecule has 0 N–H and O–H groups in total. The van der Waals surface area contributed by atoms with Crippen LogP contribution in [-0.2, 0) is 0 Å². The summed E-state index contributed by atoms with van der Waals surface area (Å²) in [4.78, 5) is 0. The Morgan fingerprint density at radius 3 is 0.933 bits per heavy atom. The van der Waals surface area contributed by atoms with Crippen LogP contribution >= 0.6 is 0 Å². The Balaban J connectivity index is 0.000000245. The van der Waals surface area contributed by atoms with E-state index in [2.05, 4.69) is 13.8 Å². The van der Waals surface area contributed by atoms with Gasteiger partial charge in [-0.1, -0.05) is 12.1 Å². The first-order valence-electron chi connectivity index (χ1n) is 4.53. The van der Waals surface area contributed by atoms with Crippen molar-refractivity contribution in [2.24, 2.45) is 0 Å². The first-order chi connectivity index (χ1) is 6.79. The van der Waals surface area contributed by atoms with Crippen LogP contribution in [0.1, 0.15) is 11.1 Å². The quantitative estimate of drug-likeness (QED) is 0.570. The molecule has 0 aliphatic carbocycles. The molecule has 2 rings (SSSR count). The molecule has 0 bridgehead atoms. The Hall–Kier alpha value is -0.768. The van der Waals surface area contributed by atoms with E-state index in [-0.39, 0.29) is 31.1 Å². The standard InChI is InChI=1S/2C7H7.U/c2*1-7-5-3-2-4-6-7;/h2*2-6H,1H2;/q2*-1;+2. The van der Waals surface area contributed by atoms with Gasteiger partial charge in [0.15, 0.2) is 0 Å². The molecule has 0 saturated heterocycles. The second kappa shape index (κ2) is 8.53. The van der Waals surface area contributed by atoms with E-state index >= 15 is 0 Å². The normalized spacial score (nSPS) is 8.00. The van der Waals surface area contributed by atoms with E-state index < -0.39 is 0 Å². The molecule has 1 heteroatoms. The van der Waals surface area contributed by atoms with Crippen molar-refractivity contribution in [2.45, 2.75) is 0 Å². The zero-order valence-corrected chi connectivity index (χ0v) is 12.9. The molecule has 0 saturated carbocycles. The van der Waals surface area contributed by atoms with Gasteiger partial charge in [-0.2, -0.15) is 49.2 Å². The van der Waals surface area contributed by atoms with Crippen LogP contribution in [0.25, 0.3) is 0 Å². The summed E-state index contributed by atoms with van der Waals surface area (Å²) < 4.78 is 0. The smallest absolute Gasteiger partial charge is 0.199 e. The van der Waals surface area contributed by atoms with Gasteiger partial charge in [-0.25, -0.2) is 0 Å². The Labute approximate surface area is 116 Å². The molecule has 0 spiro atoms. The summed E-state index contributed by atoms with van der Waals surface area (Å²) in [6, 6.07) is 19.7. The summed E-state index contributed by atoms with van der Waals surface area (Å²) in [6.07, 6.45) is 0. The predicted molar refractivity (Wildman–Crippen MR) is 61.8 cm³/mol. The van der Waals surface area contributed by atoms with Crippen molar-refractivity contribution in [1.29, 1.82) is 0 Å². The molecule has 0 aliphatic heterocycles. The van der Waals surface area contributed by atoms with E-state index in [9.17, 15) is 0 Å². The topological polar surface area (TPSA) is 0 Å². The van der Waals surface area contributed by atoms with Gasteiger partial charge in [-0.15, -0.1) is 24.3 Å². The maximum atomic E-state index is 3.72. The summed E-state index contributed by atoms with van der Waals surface area (Å²) in [7, 11) is 0. The van der Waals surface area contributed by atoms with Gasteiger partial charge in [0.25, 0.3) is 0 Å². The van der Waals surface area contributed by atoms with Crippen LogP contribution in [0, 0.1) is 45.0 Å². The molecule has 15 heavy (non-hydrogen) atoms. The third kappa shape index (κ3) is 7.19. The van der Waals surface area contributed by atoms with E-state index in [1.807, 2.05) is 60.7 Å². The zero-order chi connectivity index (χ0) is 10.2. The van der Waals surface area contributed by atoms with E-state index in [1.54, 1.807) is 0 Å². The average Bonchev–Trinajstić information content (AvgIpc) is 2.21. The van der Waals surface area contributed by atoms with E-state index in [4.69, 9.17) is 0 Å². The fraction of sp³-hybridized carbons (Fsp3) is 0. The summed E-state index contributed by atoms with van der Waals surface area (Å²) in [5.41, 5.74) is 2.14. The van der Waals surface area contributed by atoms with Crippen molar-refractivity contribution < 1.29 is 31.1 Å². The molecular weight excluding hydrogens is 406 g/mol. The molecule has 0 atom stereocenters. The van der Waals surface area contributed by atoms with Crippen LogP contribution < -0.4 is 0 Å². The molecule has 74 valence electrons. The van der Waals surface area contributed by atoms with Gasteiger partial charge in [0.1, 0.15) is 0 Å². The van der Waals surface area contributed by atoms with Crippen LogP contribution in [-0.4, -0.2) is 0 Å². The van der Waals surface area contributed by atoms with Gasteiger partial charge < -0.3 is 0 Å². The average molecular weight is 420 g/mol. The maximum absolute atomic E-state index is 3.72. The number of hydrogen-bond acceptors (Lipinski definition) is 0. The van der Waals surface area contributed by atoms with Gasteiger partial charge in [0, 0.05) is 0 Å². The molecule has 0 fully saturated rings.